The molecule has 34 heavy (non-hydrogen) atoms. The maximum Gasteiger partial charge on any atom is 0.354 e. The van der Waals surface area contributed by atoms with Crippen molar-refractivity contribution in [3.8, 4) is 5.75 Å². The van der Waals surface area contributed by atoms with Gasteiger partial charge in [0.2, 0.25) is 11.9 Å². The van der Waals surface area contributed by atoms with Crippen molar-refractivity contribution < 1.29 is 22.7 Å². The number of anilines is 2. The van der Waals surface area contributed by atoms with E-state index >= 15 is 0 Å². The number of carbonyl (C=O) groups excluding carboxylic acids is 1. The molecule has 1 aliphatic rings. The number of benzene rings is 2. The zero-order chi connectivity index (χ0) is 24.4. The third-order valence-corrected chi connectivity index (χ3v) is 5.45. The van der Waals surface area contributed by atoms with E-state index in [1.165, 1.54) is 7.11 Å². The van der Waals surface area contributed by atoms with Gasteiger partial charge in [-0.25, -0.2) is 27.3 Å². The molecule has 4 rings (SSSR count). The lowest BCUT2D eigenvalue weighted by Crippen LogP contribution is -2.44. The number of nitrogens with one attached hydrogen (secondary N) is 2. The highest BCUT2D eigenvalue weighted by atomic mass is 19.2. The van der Waals surface area contributed by atoms with Gasteiger partial charge >= 0.3 is 11.4 Å². The van der Waals surface area contributed by atoms with E-state index in [4.69, 9.17) is 4.74 Å². The van der Waals surface area contributed by atoms with Gasteiger partial charge in [0, 0.05) is 18.8 Å². The van der Waals surface area contributed by atoms with Crippen molar-refractivity contribution >= 4 is 17.5 Å². The molecule has 1 aromatic heterocycles. The molecule has 178 valence electrons. The molecule has 0 spiro atoms. The normalized spacial score (nSPS) is 15.3. The molecule has 1 unspecified atom stereocenters. The number of halogens is 3. The molecule has 1 amide bonds. The van der Waals surface area contributed by atoms with Gasteiger partial charge in [0.05, 0.1) is 19.6 Å². The Labute approximate surface area is 190 Å². The van der Waals surface area contributed by atoms with Crippen LogP contribution in [0.15, 0.2) is 46.0 Å². The number of carbonyl (C=O) groups is 1. The fourth-order valence-electron chi connectivity index (χ4n) is 3.65. The SMILES string of the molecule is COc1ccc(Nc2nc(=O)n(CC3CCNC3=O)c(=O)n2Cc2cc(F)c(F)c(F)c2)cc1. The van der Waals surface area contributed by atoms with Crippen molar-refractivity contribution in [2.45, 2.75) is 19.5 Å². The third-order valence-electron chi connectivity index (χ3n) is 5.45. The molecule has 3 aromatic rings. The highest BCUT2D eigenvalue weighted by molar-refractivity contribution is 5.80. The van der Waals surface area contributed by atoms with Gasteiger partial charge < -0.3 is 15.4 Å². The van der Waals surface area contributed by atoms with Crippen molar-refractivity contribution in [2.75, 3.05) is 19.0 Å². The zero-order valence-corrected chi connectivity index (χ0v) is 18.0. The summed E-state index contributed by atoms with van der Waals surface area (Å²) in [6.07, 6.45) is 0.435. The van der Waals surface area contributed by atoms with E-state index in [0.29, 0.717) is 24.4 Å². The Bertz CT molecular complexity index is 1330. The first kappa shape index (κ1) is 23.1. The molecular weight excluding hydrogens is 455 g/mol. The maximum absolute atomic E-state index is 13.8. The summed E-state index contributed by atoms with van der Waals surface area (Å²) >= 11 is 0. The Balaban J connectivity index is 1.78. The fourth-order valence-corrected chi connectivity index (χ4v) is 3.65. The van der Waals surface area contributed by atoms with E-state index in [1.54, 1.807) is 24.3 Å². The molecule has 1 fully saturated rings. The number of rotatable bonds is 7. The number of amides is 1. The number of hydrogen-bond donors (Lipinski definition) is 2. The van der Waals surface area contributed by atoms with Crippen LogP contribution in [-0.2, 0) is 17.9 Å². The van der Waals surface area contributed by atoms with Crippen molar-refractivity contribution in [1.29, 1.82) is 0 Å². The predicted octanol–water partition coefficient (Wildman–Crippen LogP) is 1.76. The summed E-state index contributed by atoms with van der Waals surface area (Å²) in [5.74, 6) is -4.99. The molecule has 2 N–H and O–H groups in total. The number of ether oxygens (including phenoxy) is 1. The molecule has 2 heterocycles. The number of nitrogens with zero attached hydrogens (tertiary/aromatic N) is 3. The minimum Gasteiger partial charge on any atom is -0.497 e. The van der Waals surface area contributed by atoms with Gasteiger partial charge in [0.25, 0.3) is 0 Å². The van der Waals surface area contributed by atoms with Crippen LogP contribution in [0.3, 0.4) is 0 Å². The second kappa shape index (κ2) is 9.41. The van der Waals surface area contributed by atoms with Crippen LogP contribution in [0.25, 0.3) is 0 Å². The van der Waals surface area contributed by atoms with Crippen molar-refractivity contribution in [1.82, 2.24) is 19.4 Å². The zero-order valence-electron chi connectivity index (χ0n) is 18.0. The lowest BCUT2D eigenvalue weighted by atomic mass is 10.1. The van der Waals surface area contributed by atoms with Crippen molar-refractivity contribution in [3.05, 3.63) is 80.4 Å². The summed E-state index contributed by atoms with van der Waals surface area (Å²) in [5, 5.41) is 5.47. The molecule has 0 saturated carbocycles. The monoisotopic (exact) mass is 475 g/mol. The highest BCUT2D eigenvalue weighted by Gasteiger charge is 2.27. The van der Waals surface area contributed by atoms with Gasteiger partial charge in [-0.15, -0.1) is 0 Å². The van der Waals surface area contributed by atoms with Gasteiger partial charge in [-0.1, -0.05) is 0 Å². The quantitative estimate of drug-likeness (QED) is 0.505. The molecule has 1 atom stereocenters. The lowest BCUT2D eigenvalue weighted by Gasteiger charge is -2.17. The van der Waals surface area contributed by atoms with Crippen molar-refractivity contribution in [3.63, 3.8) is 0 Å². The van der Waals surface area contributed by atoms with Gasteiger partial charge in [-0.2, -0.15) is 4.98 Å². The maximum atomic E-state index is 13.8. The summed E-state index contributed by atoms with van der Waals surface area (Å²) < 4.78 is 47.8. The van der Waals surface area contributed by atoms with Crippen LogP contribution in [0.2, 0.25) is 0 Å². The van der Waals surface area contributed by atoms with Crippen LogP contribution >= 0.6 is 0 Å². The number of aromatic nitrogens is 3. The second-order valence-electron chi connectivity index (χ2n) is 7.70. The standard InChI is InChI=1S/C22H20F3N5O4/c1-34-15-4-2-14(3-5-15)27-20-28-21(32)30(11-13-6-7-26-19(13)31)22(33)29(20)10-12-8-16(23)18(25)17(24)9-12/h2-5,8-9,13H,6-7,10-11H2,1H3,(H,26,31)(H,27,28,32). The van der Waals surface area contributed by atoms with Crippen LogP contribution in [0, 0.1) is 23.4 Å². The molecule has 12 heteroatoms. The Morgan fingerprint density at radius 1 is 1.09 bits per heavy atom. The van der Waals surface area contributed by atoms with E-state index in [9.17, 15) is 27.6 Å². The number of hydrogen-bond acceptors (Lipinski definition) is 6. The molecule has 2 aromatic carbocycles. The van der Waals surface area contributed by atoms with E-state index < -0.39 is 41.3 Å². The van der Waals surface area contributed by atoms with Gasteiger partial charge in [-0.05, 0) is 48.4 Å². The first-order valence-electron chi connectivity index (χ1n) is 10.3. The smallest absolute Gasteiger partial charge is 0.354 e. The van der Waals surface area contributed by atoms with E-state index in [1.807, 2.05) is 0 Å². The Morgan fingerprint density at radius 2 is 1.76 bits per heavy atom. The Hall–Kier alpha value is -4.09. The fraction of sp³-hybridized carbons (Fsp3) is 0.273. The summed E-state index contributed by atoms with van der Waals surface area (Å²) in [6, 6.07) is 8.00. The molecule has 0 radical (unpaired) electrons. The Kier molecular flexibility index (Phi) is 6.39. The molecule has 9 nitrogen and oxygen atoms in total. The van der Waals surface area contributed by atoms with Crippen LogP contribution in [0.4, 0.5) is 24.8 Å². The van der Waals surface area contributed by atoms with Crippen LogP contribution in [0.1, 0.15) is 12.0 Å². The minimum absolute atomic E-state index is 0.0677. The predicted molar refractivity (Wildman–Crippen MR) is 116 cm³/mol. The Morgan fingerprint density at radius 3 is 2.35 bits per heavy atom. The van der Waals surface area contributed by atoms with Crippen molar-refractivity contribution in [2.24, 2.45) is 5.92 Å². The average Bonchev–Trinajstić information content (AvgIpc) is 3.22. The highest BCUT2D eigenvalue weighted by Crippen LogP contribution is 2.20. The number of methoxy groups -OCH3 is 1. The molecule has 1 aliphatic heterocycles. The first-order valence-corrected chi connectivity index (χ1v) is 10.3. The average molecular weight is 475 g/mol. The van der Waals surface area contributed by atoms with Gasteiger partial charge in [0.1, 0.15) is 5.75 Å². The minimum atomic E-state index is -1.64. The van der Waals surface area contributed by atoms with Gasteiger partial charge in [-0.3, -0.25) is 9.36 Å². The molecule has 1 saturated heterocycles. The van der Waals surface area contributed by atoms with E-state index in [2.05, 4.69) is 15.6 Å². The third kappa shape index (κ3) is 4.65. The van der Waals surface area contributed by atoms with E-state index in [-0.39, 0.29) is 24.0 Å². The summed E-state index contributed by atoms with van der Waals surface area (Å²) in [4.78, 5) is 41.8. The van der Waals surface area contributed by atoms with Crippen LogP contribution in [-0.4, -0.2) is 33.7 Å². The van der Waals surface area contributed by atoms with Gasteiger partial charge in [0.15, 0.2) is 17.5 Å². The second-order valence-corrected chi connectivity index (χ2v) is 7.70. The van der Waals surface area contributed by atoms with E-state index in [0.717, 1.165) is 21.3 Å². The topological polar surface area (TPSA) is 107 Å². The van der Waals surface area contributed by atoms with Crippen LogP contribution < -0.4 is 26.7 Å². The van der Waals surface area contributed by atoms with Crippen LogP contribution in [0.5, 0.6) is 5.75 Å². The molecule has 0 bridgehead atoms. The summed E-state index contributed by atoms with van der Waals surface area (Å²) in [6.45, 7) is -0.202. The largest absolute Gasteiger partial charge is 0.497 e. The molecular formula is C22H20F3N5O4. The molecule has 0 aliphatic carbocycles. The first-order chi connectivity index (χ1) is 16.3. The summed E-state index contributed by atoms with van der Waals surface area (Å²) in [5.41, 5.74) is -1.36. The lowest BCUT2D eigenvalue weighted by molar-refractivity contribution is -0.122. The summed E-state index contributed by atoms with van der Waals surface area (Å²) in [7, 11) is 1.49.